The van der Waals surface area contributed by atoms with Crippen LogP contribution >= 0.6 is 0 Å². The van der Waals surface area contributed by atoms with Gasteiger partial charge in [-0.3, -0.25) is 5.32 Å². The number of aliphatic hydroxyl groups is 1. The number of aliphatic hydroxyl groups excluding tert-OH is 1. The van der Waals surface area contributed by atoms with Crippen molar-refractivity contribution < 1.29 is 14.3 Å². The van der Waals surface area contributed by atoms with Crippen LogP contribution in [0, 0.1) is 12.7 Å². The van der Waals surface area contributed by atoms with E-state index in [1.54, 1.807) is 29.8 Å². The van der Waals surface area contributed by atoms with Gasteiger partial charge in [0, 0.05) is 18.3 Å². The molecule has 2 rings (SSSR count). The third kappa shape index (κ3) is 4.29. The molecule has 3 N–H and O–H groups in total. The summed E-state index contributed by atoms with van der Waals surface area (Å²) in [4.78, 5) is 11.7. The molecule has 0 fully saturated rings. The molecule has 1 aromatic carbocycles. The van der Waals surface area contributed by atoms with Crippen molar-refractivity contribution in [3.63, 3.8) is 0 Å². The average Bonchev–Trinajstić information content (AvgIpc) is 2.80. The first-order valence-corrected chi connectivity index (χ1v) is 7.01. The van der Waals surface area contributed by atoms with E-state index in [-0.39, 0.29) is 11.8 Å². The third-order valence-electron chi connectivity index (χ3n) is 3.05. The molecule has 6 nitrogen and oxygen atoms in total. The summed E-state index contributed by atoms with van der Waals surface area (Å²) >= 11 is 0. The van der Waals surface area contributed by atoms with Crippen molar-refractivity contribution >= 4 is 11.8 Å². The number of aryl methyl sites for hydroxylation is 1. The summed E-state index contributed by atoms with van der Waals surface area (Å²) in [6.07, 6.45) is 0.0245. The van der Waals surface area contributed by atoms with Gasteiger partial charge in [0.25, 0.3) is 0 Å². The molecular weight excluding hydrogens is 287 g/mol. The van der Waals surface area contributed by atoms with Crippen LogP contribution in [0.2, 0.25) is 0 Å². The van der Waals surface area contributed by atoms with Crippen LogP contribution in [0.4, 0.5) is 15.0 Å². The van der Waals surface area contributed by atoms with Gasteiger partial charge in [0.2, 0.25) is 0 Å². The Balaban J connectivity index is 2.00. The minimum atomic E-state index is -0.458. The number of urea groups is 1. The Bertz CT molecular complexity index is 637. The quantitative estimate of drug-likeness (QED) is 0.792. The molecule has 0 bridgehead atoms. The van der Waals surface area contributed by atoms with Gasteiger partial charge in [-0.25, -0.2) is 13.9 Å². The van der Waals surface area contributed by atoms with E-state index >= 15 is 0 Å². The number of rotatable bonds is 5. The van der Waals surface area contributed by atoms with Crippen LogP contribution in [-0.4, -0.2) is 33.6 Å². The number of benzene rings is 1. The van der Waals surface area contributed by atoms with Crippen LogP contribution in [0.25, 0.3) is 5.69 Å². The number of nitrogens with one attached hydrogen (secondary N) is 2. The molecule has 22 heavy (non-hydrogen) atoms. The second kappa shape index (κ2) is 7.04. The largest absolute Gasteiger partial charge is 0.393 e. The molecule has 0 radical (unpaired) electrons. The molecule has 2 amide bonds. The molecule has 1 unspecified atom stereocenters. The zero-order valence-corrected chi connectivity index (χ0v) is 12.5. The summed E-state index contributed by atoms with van der Waals surface area (Å²) < 4.78 is 14.6. The molecule has 118 valence electrons. The number of halogens is 1. The molecule has 1 aromatic heterocycles. The number of hydrogen-bond acceptors (Lipinski definition) is 3. The van der Waals surface area contributed by atoms with Crippen molar-refractivity contribution in [1.82, 2.24) is 15.1 Å². The third-order valence-corrected chi connectivity index (χ3v) is 3.05. The van der Waals surface area contributed by atoms with E-state index in [9.17, 15) is 9.18 Å². The van der Waals surface area contributed by atoms with E-state index in [0.717, 1.165) is 5.69 Å². The first-order valence-electron chi connectivity index (χ1n) is 7.01. The average molecular weight is 306 g/mol. The lowest BCUT2D eigenvalue weighted by Gasteiger charge is -2.07. The second-order valence-corrected chi connectivity index (χ2v) is 5.08. The van der Waals surface area contributed by atoms with E-state index in [4.69, 9.17) is 5.11 Å². The molecular formula is C15H19FN4O2. The van der Waals surface area contributed by atoms with Crippen LogP contribution in [-0.2, 0) is 0 Å². The maximum absolute atomic E-state index is 12.9. The van der Waals surface area contributed by atoms with Crippen LogP contribution in [0.1, 0.15) is 19.0 Å². The highest BCUT2D eigenvalue weighted by Crippen LogP contribution is 2.15. The first-order chi connectivity index (χ1) is 10.5. The first kappa shape index (κ1) is 16.0. The number of anilines is 1. The van der Waals surface area contributed by atoms with Gasteiger partial charge in [0.15, 0.2) is 5.82 Å². The van der Waals surface area contributed by atoms with E-state index < -0.39 is 6.10 Å². The minimum Gasteiger partial charge on any atom is -0.393 e. The summed E-state index contributed by atoms with van der Waals surface area (Å²) in [5, 5.41) is 18.6. The van der Waals surface area contributed by atoms with E-state index in [2.05, 4.69) is 15.7 Å². The summed E-state index contributed by atoms with van der Waals surface area (Å²) in [5.74, 6) is 0.0840. The normalized spacial score (nSPS) is 12.0. The standard InChI is InChI=1S/C15H19FN4O2/c1-10-9-14(18-15(22)17-8-7-11(2)21)19-20(10)13-5-3-12(16)4-6-13/h3-6,9,11,21H,7-8H2,1-2H3,(H2,17,18,19,22). The minimum absolute atomic E-state index is 0.315. The second-order valence-electron chi connectivity index (χ2n) is 5.08. The van der Waals surface area contributed by atoms with Crippen LogP contribution < -0.4 is 10.6 Å². The van der Waals surface area contributed by atoms with E-state index in [1.165, 1.54) is 12.1 Å². The Morgan fingerprint density at radius 3 is 2.73 bits per heavy atom. The molecule has 7 heteroatoms. The van der Waals surface area contributed by atoms with Gasteiger partial charge in [0.1, 0.15) is 5.82 Å². The molecule has 0 aliphatic heterocycles. The van der Waals surface area contributed by atoms with Crippen LogP contribution in [0.5, 0.6) is 0 Å². The maximum atomic E-state index is 12.9. The van der Waals surface area contributed by atoms with Crippen LogP contribution in [0.15, 0.2) is 30.3 Å². The summed E-state index contributed by atoms with van der Waals surface area (Å²) in [6.45, 7) is 3.88. The predicted octanol–water partition coefficient (Wildman–Crippen LogP) is 2.21. The zero-order valence-electron chi connectivity index (χ0n) is 12.5. The predicted molar refractivity (Wildman–Crippen MR) is 81.6 cm³/mol. The number of nitrogens with zero attached hydrogens (tertiary/aromatic N) is 2. The lowest BCUT2D eigenvalue weighted by Crippen LogP contribution is -2.31. The Morgan fingerprint density at radius 1 is 1.41 bits per heavy atom. The molecule has 0 aliphatic carbocycles. The monoisotopic (exact) mass is 306 g/mol. The summed E-state index contributed by atoms with van der Waals surface area (Å²) in [6, 6.07) is 7.27. The van der Waals surface area contributed by atoms with Crippen molar-refractivity contribution in [3.8, 4) is 5.69 Å². The van der Waals surface area contributed by atoms with Crippen molar-refractivity contribution in [2.75, 3.05) is 11.9 Å². The molecule has 2 aromatic rings. The topological polar surface area (TPSA) is 79.2 Å². The Labute approximate surface area is 128 Å². The SMILES string of the molecule is Cc1cc(NC(=O)NCCC(C)O)nn1-c1ccc(F)cc1. The van der Waals surface area contributed by atoms with Gasteiger partial charge in [-0.15, -0.1) is 5.10 Å². The number of amides is 2. The molecule has 0 spiro atoms. The Morgan fingerprint density at radius 2 is 2.09 bits per heavy atom. The lowest BCUT2D eigenvalue weighted by atomic mass is 10.3. The van der Waals surface area contributed by atoms with Gasteiger partial charge >= 0.3 is 6.03 Å². The van der Waals surface area contributed by atoms with Crippen LogP contribution in [0.3, 0.4) is 0 Å². The number of carbonyl (C=O) groups excluding carboxylic acids is 1. The van der Waals surface area contributed by atoms with Crippen molar-refractivity contribution in [1.29, 1.82) is 0 Å². The number of carbonyl (C=O) groups is 1. The number of aromatic nitrogens is 2. The number of hydrogen-bond donors (Lipinski definition) is 3. The van der Waals surface area contributed by atoms with Gasteiger partial charge in [0.05, 0.1) is 11.8 Å². The molecule has 0 aliphatic rings. The van der Waals surface area contributed by atoms with Gasteiger partial charge < -0.3 is 10.4 Å². The van der Waals surface area contributed by atoms with Crippen molar-refractivity contribution in [3.05, 3.63) is 41.8 Å². The lowest BCUT2D eigenvalue weighted by molar-refractivity contribution is 0.184. The fraction of sp³-hybridized carbons (Fsp3) is 0.333. The smallest absolute Gasteiger partial charge is 0.320 e. The zero-order chi connectivity index (χ0) is 16.1. The van der Waals surface area contributed by atoms with Gasteiger partial charge in [-0.1, -0.05) is 0 Å². The van der Waals surface area contributed by atoms with Crippen molar-refractivity contribution in [2.45, 2.75) is 26.4 Å². The summed E-state index contributed by atoms with van der Waals surface area (Å²) in [7, 11) is 0. The molecule has 1 heterocycles. The van der Waals surface area contributed by atoms with Crippen molar-refractivity contribution in [2.24, 2.45) is 0 Å². The Kier molecular flexibility index (Phi) is 5.11. The Hall–Kier alpha value is -2.41. The molecule has 0 saturated carbocycles. The van der Waals surface area contributed by atoms with Gasteiger partial charge in [-0.05, 0) is 44.5 Å². The van der Waals surface area contributed by atoms with E-state index in [1.807, 2.05) is 6.92 Å². The fourth-order valence-corrected chi connectivity index (χ4v) is 1.93. The van der Waals surface area contributed by atoms with E-state index in [0.29, 0.717) is 24.5 Å². The fourth-order valence-electron chi connectivity index (χ4n) is 1.93. The maximum Gasteiger partial charge on any atom is 0.320 e. The highest BCUT2D eigenvalue weighted by Gasteiger charge is 2.09. The molecule has 1 atom stereocenters. The molecule has 0 saturated heterocycles. The summed E-state index contributed by atoms with van der Waals surface area (Å²) in [5.41, 5.74) is 1.52. The highest BCUT2D eigenvalue weighted by molar-refractivity contribution is 5.88. The highest BCUT2D eigenvalue weighted by atomic mass is 19.1. The van der Waals surface area contributed by atoms with Gasteiger partial charge in [-0.2, -0.15) is 0 Å².